The molecule has 0 saturated heterocycles. The van der Waals surface area contributed by atoms with Gasteiger partial charge in [-0.25, -0.2) is 0 Å². The molecule has 160 valence electrons. The Balaban J connectivity index is 1.37. The SMILES string of the molecule is CC(NC(=O)CCNC(=O)Cc1ccccc1)c1ccc(OCc2cccnc2)cc1. The van der Waals surface area contributed by atoms with Gasteiger partial charge in [0.2, 0.25) is 11.8 Å². The molecule has 1 unspecified atom stereocenters. The molecule has 6 nitrogen and oxygen atoms in total. The van der Waals surface area contributed by atoms with Crippen LogP contribution in [0, 0.1) is 0 Å². The Labute approximate surface area is 182 Å². The van der Waals surface area contributed by atoms with E-state index in [1.807, 2.05) is 73.7 Å². The molecule has 0 aliphatic heterocycles. The van der Waals surface area contributed by atoms with Gasteiger partial charge in [0, 0.05) is 30.9 Å². The molecular weight excluding hydrogens is 390 g/mol. The summed E-state index contributed by atoms with van der Waals surface area (Å²) >= 11 is 0. The van der Waals surface area contributed by atoms with Crippen LogP contribution in [0.2, 0.25) is 0 Å². The highest BCUT2D eigenvalue weighted by atomic mass is 16.5. The van der Waals surface area contributed by atoms with E-state index in [-0.39, 0.29) is 24.3 Å². The highest BCUT2D eigenvalue weighted by Crippen LogP contribution is 2.18. The van der Waals surface area contributed by atoms with E-state index in [4.69, 9.17) is 4.74 Å². The van der Waals surface area contributed by atoms with Crippen LogP contribution in [0.1, 0.15) is 36.1 Å². The van der Waals surface area contributed by atoms with Gasteiger partial charge in [-0.2, -0.15) is 0 Å². The number of pyridine rings is 1. The summed E-state index contributed by atoms with van der Waals surface area (Å²) in [7, 11) is 0. The van der Waals surface area contributed by atoms with Crippen LogP contribution >= 0.6 is 0 Å². The van der Waals surface area contributed by atoms with E-state index in [0.29, 0.717) is 19.6 Å². The first-order valence-electron chi connectivity index (χ1n) is 10.3. The molecule has 1 heterocycles. The Morgan fingerprint density at radius 1 is 0.935 bits per heavy atom. The zero-order valence-electron chi connectivity index (χ0n) is 17.6. The van der Waals surface area contributed by atoms with E-state index in [2.05, 4.69) is 15.6 Å². The molecule has 1 aromatic heterocycles. The molecule has 3 rings (SSSR count). The Morgan fingerprint density at radius 2 is 1.68 bits per heavy atom. The molecule has 0 spiro atoms. The van der Waals surface area contributed by atoms with Crippen LogP contribution in [0.15, 0.2) is 79.1 Å². The van der Waals surface area contributed by atoms with Gasteiger partial charge in [-0.1, -0.05) is 48.5 Å². The summed E-state index contributed by atoms with van der Waals surface area (Å²) < 4.78 is 5.76. The minimum absolute atomic E-state index is 0.0890. The number of nitrogens with zero attached hydrogens (tertiary/aromatic N) is 1. The third-order valence-electron chi connectivity index (χ3n) is 4.77. The van der Waals surface area contributed by atoms with Crippen molar-refractivity contribution in [3.05, 3.63) is 95.8 Å². The zero-order valence-corrected chi connectivity index (χ0v) is 17.6. The van der Waals surface area contributed by atoms with Crippen molar-refractivity contribution in [2.75, 3.05) is 6.54 Å². The Bertz CT molecular complexity index is 960. The average Bonchev–Trinajstić information content (AvgIpc) is 2.79. The number of ether oxygens (including phenoxy) is 1. The van der Waals surface area contributed by atoms with E-state index < -0.39 is 0 Å². The van der Waals surface area contributed by atoms with E-state index in [1.165, 1.54) is 0 Å². The molecule has 0 aliphatic carbocycles. The maximum absolute atomic E-state index is 12.2. The number of benzene rings is 2. The van der Waals surface area contributed by atoms with Crippen LogP contribution in [0.4, 0.5) is 0 Å². The number of rotatable bonds is 10. The Kier molecular flexibility index (Phi) is 8.17. The second kappa shape index (κ2) is 11.5. The number of carbonyl (C=O) groups is 2. The summed E-state index contributed by atoms with van der Waals surface area (Å²) in [5.41, 5.74) is 2.93. The summed E-state index contributed by atoms with van der Waals surface area (Å²) in [6.07, 6.45) is 4.05. The molecule has 1 atom stereocenters. The van der Waals surface area contributed by atoms with Gasteiger partial charge in [0.05, 0.1) is 12.5 Å². The highest BCUT2D eigenvalue weighted by Gasteiger charge is 2.10. The lowest BCUT2D eigenvalue weighted by Gasteiger charge is -2.15. The number of aromatic nitrogens is 1. The topological polar surface area (TPSA) is 80.3 Å². The zero-order chi connectivity index (χ0) is 21.9. The first kappa shape index (κ1) is 22.0. The molecule has 0 saturated carbocycles. The summed E-state index contributed by atoms with van der Waals surface area (Å²) in [4.78, 5) is 28.2. The van der Waals surface area contributed by atoms with Gasteiger partial charge in [0.1, 0.15) is 12.4 Å². The number of hydrogen-bond acceptors (Lipinski definition) is 4. The van der Waals surface area contributed by atoms with Crippen molar-refractivity contribution >= 4 is 11.8 Å². The van der Waals surface area contributed by atoms with Crippen LogP contribution in [-0.4, -0.2) is 23.3 Å². The van der Waals surface area contributed by atoms with Gasteiger partial charge < -0.3 is 15.4 Å². The minimum atomic E-state index is -0.139. The van der Waals surface area contributed by atoms with E-state index in [0.717, 1.165) is 22.4 Å². The Hall–Kier alpha value is -3.67. The molecule has 0 aliphatic rings. The molecule has 3 aromatic rings. The van der Waals surface area contributed by atoms with E-state index in [9.17, 15) is 9.59 Å². The molecule has 2 N–H and O–H groups in total. The maximum Gasteiger partial charge on any atom is 0.224 e. The summed E-state index contributed by atoms with van der Waals surface area (Å²) in [6, 6.07) is 20.9. The third-order valence-corrected chi connectivity index (χ3v) is 4.77. The number of carbonyl (C=O) groups excluding carboxylic acids is 2. The molecule has 31 heavy (non-hydrogen) atoms. The number of amides is 2. The van der Waals surface area contributed by atoms with Crippen molar-refractivity contribution in [1.29, 1.82) is 0 Å². The van der Waals surface area contributed by atoms with Crippen molar-refractivity contribution in [3.8, 4) is 5.75 Å². The van der Waals surface area contributed by atoms with Gasteiger partial charge in [-0.05, 0) is 36.2 Å². The Morgan fingerprint density at radius 3 is 2.39 bits per heavy atom. The average molecular weight is 418 g/mol. The van der Waals surface area contributed by atoms with Gasteiger partial charge in [-0.15, -0.1) is 0 Å². The number of hydrogen-bond donors (Lipinski definition) is 2. The minimum Gasteiger partial charge on any atom is -0.489 e. The second-order valence-electron chi connectivity index (χ2n) is 7.27. The lowest BCUT2D eigenvalue weighted by molar-refractivity contribution is -0.122. The molecule has 6 heteroatoms. The van der Waals surface area contributed by atoms with E-state index in [1.54, 1.807) is 12.4 Å². The molecule has 0 bridgehead atoms. The second-order valence-corrected chi connectivity index (χ2v) is 7.27. The molecule has 2 aromatic carbocycles. The van der Waals surface area contributed by atoms with Crippen LogP contribution in [0.25, 0.3) is 0 Å². The quantitative estimate of drug-likeness (QED) is 0.528. The summed E-state index contributed by atoms with van der Waals surface area (Å²) in [5.74, 6) is 0.561. The smallest absolute Gasteiger partial charge is 0.224 e. The number of nitrogens with one attached hydrogen (secondary N) is 2. The molecule has 0 fully saturated rings. The van der Waals surface area contributed by atoms with Crippen LogP contribution in [-0.2, 0) is 22.6 Å². The van der Waals surface area contributed by atoms with Crippen molar-refractivity contribution in [2.24, 2.45) is 0 Å². The van der Waals surface area contributed by atoms with Gasteiger partial charge in [0.25, 0.3) is 0 Å². The lowest BCUT2D eigenvalue weighted by atomic mass is 10.1. The predicted octanol–water partition coefficient (Wildman–Crippen LogP) is 3.59. The monoisotopic (exact) mass is 417 g/mol. The fourth-order valence-corrected chi connectivity index (χ4v) is 3.06. The lowest BCUT2D eigenvalue weighted by Crippen LogP contribution is -2.32. The summed E-state index contributed by atoms with van der Waals surface area (Å²) in [5, 5.41) is 5.75. The standard InChI is InChI=1S/C25H27N3O3/c1-19(22-9-11-23(12-10-22)31-18-21-8-5-14-26-17-21)28-24(29)13-15-27-25(30)16-20-6-3-2-4-7-20/h2-12,14,17,19H,13,15-16,18H2,1H3,(H,27,30)(H,28,29). The molecule has 2 amide bonds. The molecular formula is C25H27N3O3. The first-order valence-corrected chi connectivity index (χ1v) is 10.3. The molecule has 0 radical (unpaired) electrons. The first-order chi connectivity index (χ1) is 15.1. The summed E-state index contributed by atoms with van der Waals surface area (Å²) in [6.45, 7) is 2.69. The van der Waals surface area contributed by atoms with Gasteiger partial charge in [-0.3, -0.25) is 14.6 Å². The van der Waals surface area contributed by atoms with Crippen molar-refractivity contribution in [1.82, 2.24) is 15.6 Å². The fourth-order valence-electron chi connectivity index (χ4n) is 3.06. The van der Waals surface area contributed by atoms with Crippen molar-refractivity contribution in [2.45, 2.75) is 32.4 Å². The normalized spacial score (nSPS) is 11.4. The van der Waals surface area contributed by atoms with Crippen LogP contribution < -0.4 is 15.4 Å². The predicted molar refractivity (Wildman–Crippen MR) is 119 cm³/mol. The fraction of sp³-hybridized carbons (Fsp3) is 0.240. The van der Waals surface area contributed by atoms with Crippen LogP contribution in [0.3, 0.4) is 0 Å². The van der Waals surface area contributed by atoms with E-state index >= 15 is 0 Å². The largest absolute Gasteiger partial charge is 0.489 e. The highest BCUT2D eigenvalue weighted by molar-refractivity contribution is 5.80. The third kappa shape index (κ3) is 7.59. The van der Waals surface area contributed by atoms with Crippen LogP contribution in [0.5, 0.6) is 5.75 Å². The van der Waals surface area contributed by atoms with Gasteiger partial charge >= 0.3 is 0 Å². The van der Waals surface area contributed by atoms with Crippen molar-refractivity contribution < 1.29 is 14.3 Å². The van der Waals surface area contributed by atoms with Gasteiger partial charge in [0.15, 0.2) is 0 Å². The maximum atomic E-state index is 12.2. The van der Waals surface area contributed by atoms with Crippen molar-refractivity contribution in [3.63, 3.8) is 0 Å².